The van der Waals surface area contributed by atoms with Crippen molar-refractivity contribution < 1.29 is 14.6 Å². The van der Waals surface area contributed by atoms with Gasteiger partial charge in [0, 0.05) is 19.3 Å². The van der Waals surface area contributed by atoms with E-state index in [4.69, 9.17) is 9.72 Å². The summed E-state index contributed by atoms with van der Waals surface area (Å²) in [6.45, 7) is 1.93. The van der Waals surface area contributed by atoms with Gasteiger partial charge in [0.1, 0.15) is 5.75 Å². The quantitative estimate of drug-likeness (QED) is 0.627. The Labute approximate surface area is 186 Å². The van der Waals surface area contributed by atoms with Crippen molar-refractivity contribution in [1.82, 2.24) is 24.6 Å². The van der Waals surface area contributed by atoms with Crippen molar-refractivity contribution in [3.05, 3.63) is 35.7 Å². The lowest BCUT2D eigenvalue weighted by molar-refractivity contribution is -0.143. The van der Waals surface area contributed by atoms with Crippen LogP contribution in [0.2, 0.25) is 0 Å². The number of aliphatic carboxylic acids is 1. The number of fused-ring (bicyclic) bond motifs is 2. The number of aromatic nitrogens is 4. The topological polar surface area (TPSA) is 105 Å². The van der Waals surface area contributed by atoms with E-state index in [0.717, 1.165) is 61.2 Å². The minimum atomic E-state index is -0.728. The van der Waals surface area contributed by atoms with Crippen molar-refractivity contribution in [2.45, 2.75) is 44.7 Å². The van der Waals surface area contributed by atoms with Crippen molar-refractivity contribution in [2.75, 3.05) is 26.0 Å². The maximum Gasteiger partial charge on any atom is 0.306 e. The summed E-state index contributed by atoms with van der Waals surface area (Å²) >= 11 is 0. The second-order valence-electron chi connectivity index (χ2n) is 8.85. The van der Waals surface area contributed by atoms with Gasteiger partial charge in [-0.15, -0.1) is 0 Å². The van der Waals surface area contributed by atoms with E-state index < -0.39 is 5.97 Å². The molecule has 168 valence electrons. The Morgan fingerprint density at radius 1 is 1.25 bits per heavy atom. The predicted octanol–water partition coefficient (Wildman–Crippen LogP) is 3.38. The summed E-state index contributed by atoms with van der Waals surface area (Å²) in [6.07, 6.45) is 7.58. The number of rotatable bonds is 5. The van der Waals surface area contributed by atoms with Crippen LogP contribution in [0.1, 0.15) is 42.9 Å². The average Bonchev–Trinajstić information content (AvgIpc) is 3.22. The molecule has 5 rings (SSSR count). The van der Waals surface area contributed by atoms with Gasteiger partial charge in [-0.25, -0.2) is 9.67 Å². The monoisotopic (exact) mass is 436 g/mol. The third kappa shape index (κ3) is 3.88. The van der Waals surface area contributed by atoms with Crippen molar-refractivity contribution >= 4 is 28.6 Å². The molecule has 1 saturated carbocycles. The Bertz CT molecular complexity index is 1160. The Balaban J connectivity index is 1.45. The van der Waals surface area contributed by atoms with Crippen LogP contribution in [0, 0.1) is 5.92 Å². The van der Waals surface area contributed by atoms with E-state index in [1.165, 1.54) is 11.1 Å². The van der Waals surface area contributed by atoms with Crippen LogP contribution in [0.4, 0.5) is 11.6 Å². The summed E-state index contributed by atoms with van der Waals surface area (Å²) in [4.78, 5) is 23.0. The van der Waals surface area contributed by atoms with E-state index >= 15 is 0 Å². The summed E-state index contributed by atoms with van der Waals surface area (Å²) in [5, 5.41) is 18.1. The summed E-state index contributed by atoms with van der Waals surface area (Å²) in [6, 6.07) is 4.24. The van der Waals surface area contributed by atoms with Gasteiger partial charge < -0.3 is 20.1 Å². The summed E-state index contributed by atoms with van der Waals surface area (Å²) in [5.74, 6) is 0.174. The highest BCUT2D eigenvalue weighted by Crippen LogP contribution is 2.35. The number of carbonyl (C=O) groups is 1. The number of carboxylic acid groups (broad SMARTS) is 1. The third-order valence-corrected chi connectivity index (χ3v) is 6.65. The number of anilines is 2. The molecule has 0 spiro atoms. The fraction of sp³-hybridized carbons (Fsp3) is 0.478. The first kappa shape index (κ1) is 20.7. The zero-order chi connectivity index (χ0) is 22.2. The highest BCUT2D eigenvalue weighted by molar-refractivity contribution is 5.76. The van der Waals surface area contributed by atoms with Crippen LogP contribution in [0.25, 0.3) is 11.0 Å². The molecule has 9 heteroatoms. The van der Waals surface area contributed by atoms with Crippen LogP contribution >= 0.6 is 0 Å². The van der Waals surface area contributed by atoms with Crippen molar-refractivity contribution in [2.24, 2.45) is 5.92 Å². The van der Waals surface area contributed by atoms with Gasteiger partial charge >= 0.3 is 5.97 Å². The second kappa shape index (κ2) is 8.38. The molecule has 0 amide bonds. The Morgan fingerprint density at radius 3 is 2.94 bits per heavy atom. The van der Waals surface area contributed by atoms with Crippen molar-refractivity contribution in [3.8, 4) is 5.75 Å². The number of likely N-dealkylation sites (N-methyl/N-ethyl adjacent to an activating group) is 1. The molecule has 2 aliphatic rings. The number of hydrogen-bond acceptors (Lipinski definition) is 7. The normalized spacial score (nSPS) is 21.3. The van der Waals surface area contributed by atoms with Crippen LogP contribution in [-0.2, 0) is 17.8 Å². The lowest BCUT2D eigenvalue weighted by Gasteiger charge is -2.27. The van der Waals surface area contributed by atoms with E-state index in [2.05, 4.69) is 39.5 Å². The van der Waals surface area contributed by atoms with Gasteiger partial charge in [0.05, 0.1) is 36.3 Å². The van der Waals surface area contributed by atoms with E-state index in [9.17, 15) is 9.90 Å². The van der Waals surface area contributed by atoms with E-state index in [0.29, 0.717) is 12.4 Å². The fourth-order valence-corrected chi connectivity index (χ4v) is 4.89. The first-order valence-electron chi connectivity index (χ1n) is 11.1. The molecule has 0 saturated heterocycles. The summed E-state index contributed by atoms with van der Waals surface area (Å²) < 4.78 is 7.50. The van der Waals surface area contributed by atoms with Gasteiger partial charge in [-0.3, -0.25) is 4.79 Å². The SMILES string of the molecule is COc1cc2c(cc1Nc1ncc3cnn([C@@H]4CCC[C@H](C(=O)O)C4)c3n1)CN(C)CC2. The van der Waals surface area contributed by atoms with Gasteiger partial charge in [0.15, 0.2) is 5.65 Å². The molecule has 9 nitrogen and oxygen atoms in total. The number of hydrogen-bond donors (Lipinski definition) is 2. The largest absolute Gasteiger partial charge is 0.495 e. The molecule has 2 N–H and O–H groups in total. The number of nitrogens with one attached hydrogen (secondary N) is 1. The fourth-order valence-electron chi connectivity index (χ4n) is 4.89. The van der Waals surface area contributed by atoms with Crippen LogP contribution in [0.3, 0.4) is 0 Å². The molecule has 1 aliphatic heterocycles. The molecule has 0 bridgehead atoms. The van der Waals surface area contributed by atoms with E-state index in [1.54, 1.807) is 19.5 Å². The van der Waals surface area contributed by atoms with Gasteiger partial charge in [-0.05, 0) is 56.0 Å². The van der Waals surface area contributed by atoms with Crippen molar-refractivity contribution in [1.29, 1.82) is 0 Å². The molecule has 3 heterocycles. The minimum absolute atomic E-state index is 0.0268. The third-order valence-electron chi connectivity index (χ3n) is 6.65. The van der Waals surface area contributed by atoms with Gasteiger partial charge in [-0.2, -0.15) is 10.1 Å². The lowest BCUT2D eigenvalue weighted by Crippen LogP contribution is -2.26. The highest BCUT2D eigenvalue weighted by Gasteiger charge is 2.29. The van der Waals surface area contributed by atoms with Gasteiger partial charge in [-0.1, -0.05) is 6.42 Å². The van der Waals surface area contributed by atoms with Crippen LogP contribution in [0.5, 0.6) is 5.75 Å². The van der Waals surface area contributed by atoms with E-state index in [1.807, 2.05) is 4.68 Å². The maximum absolute atomic E-state index is 11.5. The molecule has 1 aliphatic carbocycles. The molecule has 0 unspecified atom stereocenters. The zero-order valence-electron chi connectivity index (χ0n) is 18.4. The molecule has 1 aromatic carbocycles. The molecule has 32 heavy (non-hydrogen) atoms. The Morgan fingerprint density at radius 2 is 2.12 bits per heavy atom. The van der Waals surface area contributed by atoms with Crippen LogP contribution in [0.15, 0.2) is 24.5 Å². The van der Waals surface area contributed by atoms with Crippen molar-refractivity contribution in [3.63, 3.8) is 0 Å². The summed E-state index contributed by atoms with van der Waals surface area (Å²) in [7, 11) is 3.79. The molecular weight excluding hydrogens is 408 g/mol. The van der Waals surface area contributed by atoms with Gasteiger partial charge in [0.2, 0.25) is 5.95 Å². The molecule has 0 radical (unpaired) electrons. The first-order chi connectivity index (χ1) is 15.5. The second-order valence-corrected chi connectivity index (χ2v) is 8.85. The first-order valence-corrected chi connectivity index (χ1v) is 11.1. The molecule has 1 fully saturated rings. The molecule has 2 atom stereocenters. The average molecular weight is 437 g/mol. The highest BCUT2D eigenvalue weighted by atomic mass is 16.5. The standard InChI is InChI=1S/C23H28N6O3/c1-28-7-6-14-10-20(32-2)19(9-16(14)13-28)26-23-24-11-17-12-25-29(21(17)27-23)18-5-3-4-15(8-18)22(30)31/h9-12,15,18H,3-8,13H2,1-2H3,(H,30,31)(H,24,26,27)/t15-,18+/m0/s1. The smallest absolute Gasteiger partial charge is 0.306 e. The Hall–Kier alpha value is -3.20. The number of benzene rings is 1. The van der Waals surface area contributed by atoms with Crippen LogP contribution in [-0.4, -0.2) is 56.4 Å². The summed E-state index contributed by atoms with van der Waals surface area (Å²) in [5.41, 5.74) is 4.13. The number of ether oxygens (including phenoxy) is 1. The van der Waals surface area contributed by atoms with Gasteiger partial charge in [0.25, 0.3) is 0 Å². The van der Waals surface area contributed by atoms with Crippen LogP contribution < -0.4 is 10.1 Å². The number of methoxy groups -OCH3 is 1. The molecular formula is C23H28N6O3. The maximum atomic E-state index is 11.5. The Kier molecular flexibility index (Phi) is 5.42. The number of nitrogens with zero attached hydrogens (tertiary/aromatic N) is 5. The van der Waals surface area contributed by atoms with E-state index in [-0.39, 0.29) is 12.0 Å². The lowest BCUT2D eigenvalue weighted by atomic mass is 9.86. The molecule has 3 aromatic rings. The zero-order valence-corrected chi connectivity index (χ0v) is 18.4. The molecule has 2 aromatic heterocycles. The number of carboxylic acids is 1. The minimum Gasteiger partial charge on any atom is -0.495 e. The predicted molar refractivity (Wildman–Crippen MR) is 120 cm³/mol.